The molecule has 1 amide bonds. The molecule has 0 radical (unpaired) electrons. The molecular formula is C20H22N2O3S. The number of piperazine rings is 1. The number of nitrogens with zero attached hydrogens (tertiary/aromatic N) is 2. The largest absolute Gasteiger partial charge is 0.333 e. The molecule has 2 heterocycles. The summed E-state index contributed by atoms with van der Waals surface area (Å²) < 4.78 is 27.8. The summed E-state index contributed by atoms with van der Waals surface area (Å²) in [5.41, 5.74) is 3.86. The highest BCUT2D eigenvalue weighted by Crippen LogP contribution is 2.35. The molecule has 5 nitrogen and oxygen atoms in total. The van der Waals surface area contributed by atoms with Gasteiger partial charge in [-0.25, -0.2) is 8.42 Å². The van der Waals surface area contributed by atoms with Gasteiger partial charge in [0.2, 0.25) is 15.9 Å². The molecular weight excluding hydrogens is 348 g/mol. The number of rotatable bonds is 2. The molecule has 0 N–H and O–H groups in total. The van der Waals surface area contributed by atoms with E-state index in [1.165, 1.54) is 9.87 Å². The summed E-state index contributed by atoms with van der Waals surface area (Å²) in [5.74, 6) is -0.121. The van der Waals surface area contributed by atoms with E-state index in [1.807, 2.05) is 42.2 Å². The molecule has 4 rings (SSSR count). The molecule has 2 aromatic rings. The summed E-state index contributed by atoms with van der Waals surface area (Å²) in [7, 11) is -3.72. The van der Waals surface area contributed by atoms with E-state index in [4.69, 9.17) is 0 Å². The molecule has 6 heteroatoms. The van der Waals surface area contributed by atoms with Gasteiger partial charge in [-0.05, 0) is 48.6 Å². The van der Waals surface area contributed by atoms with Crippen molar-refractivity contribution in [3.05, 3.63) is 64.7 Å². The first-order chi connectivity index (χ1) is 12.4. The fourth-order valence-corrected chi connectivity index (χ4v) is 5.66. The second kappa shape index (κ2) is 6.21. The molecule has 1 fully saturated rings. The van der Waals surface area contributed by atoms with Crippen LogP contribution in [-0.2, 0) is 21.2 Å². The van der Waals surface area contributed by atoms with Crippen molar-refractivity contribution in [2.24, 2.45) is 0 Å². The Kier molecular flexibility index (Phi) is 4.12. The van der Waals surface area contributed by atoms with E-state index in [0.717, 1.165) is 17.5 Å². The average Bonchev–Trinajstić information content (AvgIpc) is 2.63. The van der Waals surface area contributed by atoms with Crippen LogP contribution in [0.25, 0.3) is 0 Å². The third-order valence-electron chi connectivity index (χ3n) is 5.38. The molecule has 0 aromatic heterocycles. The van der Waals surface area contributed by atoms with Crippen LogP contribution in [0.1, 0.15) is 28.3 Å². The quantitative estimate of drug-likeness (QED) is 0.816. The Hall–Kier alpha value is -2.18. The highest BCUT2D eigenvalue weighted by atomic mass is 32.2. The molecule has 2 aliphatic heterocycles. The van der Waals surface area contributed by atoms with E-state index in [2.05, 4.69) is 6.07 Å². The van der Waals surface area contributed by atoms with Crippen LogP contribution >= 0.6 is 0 Å². The predicted molar refractivity (Wildman–Crippen MR) is 99.3 cm³/mol. The van der Waals surface area contributed by atoms with Gasteiger partial charge >= 0.3 is 0 Å². The third kappa shape index (κ3) is 2.73. The molecule has 2 aliphatic rings. The maximum Gasteiger partial charge on any atom is 0.243 e. The first kappa shape index (κ1) is 17.2. The lowest BCUT2D eigenvalue weighted by Gasteiger charge is -2.44. The maximum atomic E-state index is 13.2. The lowest BCUT2D eigenvalue weighted by Crippen LogP contribution is -2.55. The van der Waals surface area contributed by atoms with Crippen molar-refractivity contribution in [2.45, 2.75) is 31.2 Å². The van der Waals surface area contributed by atoms with Gasteiger partial charge in [-0.3, -0.25) is 4.79 Å². The van der Waals surface area contributed by atoms with Crippen LogP contribution in [0.4, 0.5) is 0 Å². The van der Waals surface area contributed by atoms with Gasteiger partial charge in [0.05, 0.1) is 17.5 Å². The monoisotopic (exact) mass is 370 g/mol. The molecule has 2 aromatic carbocycles. The van der Waals surface area contributed by atoms with Crippen LogP contribution in [0, 0.1) is 13.8 Å². The van der Waals surface area contributed by atoms with E-state index < -0.39 is 10.0 Å². The first-order valence-electron chi connectivity index (χ1n) is 8.82. The standard InChI is InChI=1S/C20H22N2O3S/c1-14-7-8-15(2)19(11-14)26(24,25)21-12-18-17-6-4-3-5-16(17)9-10-22(18)20(23)13-21/h3-8,11,18H,9-10,12-13H2,1-2H3/t18-/m0/s1. The van der Waals surface area contributed by atoms with Crippen molar-refractivity contribution in [1.82, 2.24) is 9.21 Å². The number of carbonyl (C=O) groups is 1. The number of fused-ring (bicyclic) bond motifs is 3. The Morgan fingerprint density at radius 3 is 2.65 bits per heavy atom. The van der Waals surface area contributed by atoms with E-state index in [1.54, 1.807) is 13.0 Å². The topological polar surface area (TPSA) is 57.7 Å². The minimum absolute atomic E-state index is 0.0889. The van der Waals surface area contributed by atoms with Gasteiger partial charge in [0.1, 0.15) is 0 Å². The van der Waals surface area contributed by atoms with Crippen molar-refractivity contribution >= 4 is 15.9 Å². The molecule has 0 saturated carbocycles. The zero-order chi connectivity index (χ0) is 18.5. The third-order valence-corrected chi connectivity index (χ3v) is 7.34. The number of sulfonamides is 1. The molecule has 0 bridgehead atoms. The summed E-state index contributed by atoms with van der Waals surface area (Å²) in [6.45, 7) is 4.53. The van der Waals surface area contributed by atoms with Crippen LogP contribution in [0.3, 0.4) is 0 Å². The number of carbonyl (C=O) groups excluding carboxylic acids is 1. The van der Waals surface area contributed by atoms with E-state index in [9.17, 15) is 13.2 Å². The minimum Gasteiger partial charge on any atom is -0.333 e. The number of aryl methyl sites for hydroxylation is 2. The number of amides is 1. The molecule has 26 heavy (non-hydrogen) atoms. The summed E-state index contributed by atoms with van der Waals surface area (Å²) >= 11 is 0. The maximum absolute atomic E-state index is 13.2. The van der Waals surface area contributed by atoms with Gasteiger partial charge in [-0.2, -0.15) is 4.31 Å². The Morgan fingerprint density at radius 1 is 1.08 bits per heavy atom. The van der Waals surface area contributed by atoms with Gasteiger partial charge < -0.3 is 4.90 Å². The second-order valence-corrected chi connectivity index (χ2v) is 9.02. The number of hydrogen-bond acceptors (Lipinski definition) is 3. The minimum atomic E-state index is -3.72. The lowest BCUT2D eigenvalue weighted by atomic mass is 9.91. The molecule has 0 aliphatic carbocycles. The predicted octanol–water partition coefficient (Wildman–Crippen LogP) is 2.43. The Morgan fingerprint density at radius 2 is 1.85 bits per heavy atom. The van der Waals surface area contributed by atoms with Gasteiger partial charge in [-0.1, -0.05) is 36.4 Å². The van der Waals surface area contributed by atoms with Gasteiger partial charge in [0, 0.05) is 13.1 Å². The molecule has 1 saturated heterocycles. The fraction of sp³-hybridized carbons (Fsp3) is 0.350. The van der Waals surface area contributed by atoms with Gasteiger partial charge in [0.15, 0.2) is 0 Å². The van der Waals surface area contributed by atoms with Crippen molar-refractivity contribution in [1.29, 1.82) is 0 Å². The smallest absolute Gasteiger partial charge is 0.243 e. The first-order valence-corrected chi connectivity index (χ1v) is 10.3. The summed E-state index contributed by atoms with van der Waals surface area (Å²) in [6.07, 6.45) is 0.822. The summed E-state index contributed by atoms with van der Waals surface area (Å²) in [5, 5.41) is 0. The van der Waals surface area contributed by atoms with Crippen molar-refractivity contribution in [2.75, 3.05) is 19.6 Å². The molecule has 1 atom stereocenters. The lowest BCUT2D eigenvalue weighted by molar-refractivity contribution is -0.138. The van der Waals surface area contributed by atoms with Gasteiger partial charge in [-0.15, -0.1) is 0 Å². The van der Waals surface area contributed by atoms with Crippen LogP contribution in [0.15, 0.2) is 47.4 Å². The highest BCUT2D eigenvalue weighted by Gasteiger charge is 2.41. The van der Waals surface area contributed by atoms with Crippen LogP contribution in [0.2, 0.25) is 0 Å². The Balaban J connectivity index is 1.74. The van der Waals surface area contributed by atoms with Crippen LogP contribution < -0.4 is 0 Å². The number of hydrogen-bond donors (Lipinski definition) is 0. The van der Waals surface area contributed by atoms with Crippen molar-refractivity contribution < 1.29 is 13.2 Å². The Bertz CT molecular complexity index is 984. The molecule has 0 unspecified atom stereocenters. The van der Waals surface area contributed by atoms with Crippen LogP contribution in [-0.4, -0.2) is 43.2 Å². The van der Waals surface area contributed by atoms with Crippen LogP contribution in [0.5, 0.6) is 0 Å². The van der Waals surface area contributed by atoms with E-state index in [-0.39, 0.29) is 18.5 Å². The molecule has 136 valence electrons. The summed E-state index contributed by atoms with van der Waals surface area (Å²) in [6, 6.07) is 13.2. The fourth-order valence-electron chi connectivity index (χ4n) is 3.95. The summed E-state index contributed by atoms with van der Waals surface area (Å²) in [4.78, 5) is 14.8. The average molecular weight is 370 g/mol. The zero-order valence-corrected chi connectivity index (χ0v) is 15.8. The van der Waals surface area contributed by atoms with Crippen molar-refractivity contribution in [3.8, 4) is 0 Å². The SMILES string of the molecule is Cc1ccc(C)c(S(=O)(=O)N2CC(=O)N3CCc4ccccc4[C@@H]3C2)c1. The molecule has 0 spiro atoms. The van der Waals surface area contributed by atoms with Gasteiger partial charge in [0.25, 0.3) is 0 Å². The number of benzene rings is 2. The van der Waals surface area contributed by atoms with E-state index >= 15 is 0 Å². The zero-order valence-electron chi connectivity index (χ0n) is 15.0. The normalized spacial score (nSPS) is 20.6. The van der Waals surface area contributed by atoms with Crippen molar-refractivity contribution in [3.63, 3.8) is 0 Å². The Labute approximate surface area is 154 Å². The highest BCUT2D eigenvalue weighted by molar-refractivity contribution is 7.89. The van der Waals surface area contributed by atoms with E-state index in [0.29, 0.717) is 23.5 Å². The second-order valence-electron chi connectivity index (χ2n) is 7.12.